The van der Waals surface area contributed by atoms with Gasteiger partial charge in [-0.25, -0.2) is 0 Å². The molecule has 1 aromatic heterocycles. The fourth-order valence-corrected chi connectivity index (χ4v) is 5.66. The normalized spacial score (nSPS) is 16.5. The van der Waals surface area contributed by atoms with Gasteiger partial charge in [0.05, 0.1) is 26.4 Å². The van der Waals surface area contributed by atoms with Crippen molar-refractivity contribution in [3.8, 4) is 5.75 Å². The molecule has 240 valence electrons. The van der Waals surface area contributed by atoms with Crippen LogP contribution >= 0.6 is 11.6 Å². The first-order valence-corrected chi connectivity index (χ1v) is 15.9. The highest BCUT2D eigenvalue weighted by molar-refractivity contribution is 6.31. The molecule has 2 fully saturated rings. The molecule has 1 aliphatic heterocycles. The summed E-state index contributed by atoms with van der Waals surface area (Å²) in [6, 6.07) is 18.5. The van der Waals surface area contributed by atoms with E-state index < -0.39 is 6.04 Å². The maximum atomic E-state index is 14.1. The number of carbonyl (C=O) groups is 2. The van der Waals surface area contributed by atoms with Crippen molar-refractivity contribution in [3.05, 3.63) is 93.9 Å². The number of ether oxygens (including phenoxy) is 3. The second-order valence-corrected chi connectivity index (χ2v) is 11.8. The van der Waals surface area contributed by atoms with Crippen molar-refractivity contribution in [2.45, 2.75) is 57.3 Å². The number of methoxy groups -OCH3 is 1. The monoisotopic (exact) mass is 636 g/mol. The zero-order chi connectivity index (χ0) is 31.6. The standard InChI is InChI=1S/C34H41ClN4O6/c1-43-16-5-9-29-19-26(31(35)23-38(29)42)22-37(27-10-11-27)34(41)32-20-36-21-33(40)39(32)28-12-14-30(15-13-28)45-18-6-17-44-24-25-7-3-2-4-8-25/h2-4,7-8,12-15,19,23,27,32,36H,5-6,9-11,16-18,20-22,24H2,1H3/t32-/m1/s1. The molecule has 2 amide bonds. The van der Waals surface area contributed by atoms with Gasteiger partial charge in [-0.15, -0.1) is 0 Å². The van der Waals surface area contributed by atoms with Crippen molar-refractivity contribution in [2.24, 2.45) is 0 Å². The van der Waals surface area contributed by atoms with Gasteiger partial charge >= 0.3 is 0 Å². The van der Waals surface area contributed by atoms with Gasteiger partial charge in [0.1, 0.15) is 16.8 Å². The third-order valence-corrected chi connectivity index (χ3v) is 8.30. The molecule has 0 spiro atoms. The predicted molar refractivity (Wildman–Crippen MR) is 171 cm³/mol. The fraction of sp³-hybridized carbons (Fsp3) is 0.441. The first kappa shape index (κ1) is 32.7. The number of hydrogen-bond donors (Lipinski definition) is 1. The molecule has 1 aliphatic carbocycles. The number of nitrogens with one attached hydrogen (secondary N) is 1. The summed E-state index contributed by atoms with van der Waals surface area (Å²) >= 11 is 6.49. The van der Waals surface area contributed by atoms with Crippen molar-refractivity contribution >= 4 is 29.1 Å². The van der Waals surface area contributed by atoms with E-state index in [-0.39, 0.29) is 30.9 Å². The summed E-state index contributed by atoms with van der Waals surface area (Å²) in [4.78, 5) is 30.7. The van der Waals surface area contributed by atoms with E-state index in [9.17, 15) is 14.8 Å². The van der Waals surface area contributed by atoms with Crippen molar-refractivity contribution in [1.29, 1.82) is 0 Å². The van der Waals surface area contributed by atoms with Gasteiger partial charge in [0, 0.05) is 63.0 Å². The Labute approximate surface area is 269 Å². The Bertz CT molecular complexity index is 1420. The summed E-state index contributed by atoms with van der Waals surface area (Å²) in [5, 5.41) is 15.9. The Morgan fingerprint density at radius 3 is 2.60 bits per heavy atom. The average Bonchev–Trinajstić information content (AvgIpc) is 3.89. The molecule has 0 unspecified atom stereocenters. The molecule has 11 heteroatoms. The molecule has 10 nitrogen and oxygen atoms in total. The van der Waals surface area contributed by atoms with Crippen LogP contribution in [0.25, 0.3) is 0 Å². The van der Waals surface area contributed by atoms with Crippen molar-refractivity contribution < 1.29 is 28.5 Å². The third kappa shape index (κ3) is 8.94. The average molecular weight is 637 g/mol. The van der Waals surface area contributed by atoms with E-state index in [1.54, 1.807) is 18.1 Å². The molecule has 1 saturated heterocycles. The lowest BCUT2D eigenvalue weighted by molar-refractivity contribution is -0.614. The Kier molecular flexibility index (Phi) is 11.6. The van der Waals surface area contributed by atoms with Crippen LogP contribution in [0, 0.1) is 5.21 Å². The quantitative estimate of drug-likeness (QED) is 0.144. The van der Waals surface area contributed by atoms with Crippen LogP contribution in [0.5, 0.6) is 5.75 Å². The van der Waals surface area contributed by atoms with Gasteiger partial charge in [0.25, 0.3) is 0 Å². The lowest BCUT2D eigenvalue weighted by Gasteiger charge is -2.38. The number of pyridine rings is 1. The number of anilines is 1. The van der Waals surface area contributed by atoms with E-state index in [4.69, 9.17) is 25.8 Å². The number of aromatic nitrogens is 1. The Morgan fingerprint density at radius 2 is 1.87 bits per heavy atom. The van der Waals surface area contributed by atoms with Crippen LogP contribution in [0.15, 0.2) is 66.9 Å². The van der Waals surface area contributed by atoms with E-state index in [2.05, 4.69) is 5.32 Å². The van der Waals surface area contributed by atoms with E-state index >= 15 is 0 Å². The molecular formula is C34H41ClN4O6. The van der Waals surface area contributed by atoms with Gasteiger partial charge in [-0.3, -0.25) is 14.5 Å². The molecule has 1 atom stereocenters. The highest BCUT2D eigenvalue weighted by Crippen LogP contribution is 2.32. The van der Waals surface area contributed by atoms with Crippen LogP contribution in [0.3, 0.4) is 0 Å². The number of nitrogens with zero attached hydrogens (tertiary/aromatic N) is 3. The van der Waals surface area contributed by atoms with Crippen molar-refractivity contribution in [3.63, 3.8) is 0 Å². The van der Waals surface area contributed by atoms with E-state index in [1.807, 2.05) is 59.5 Å². The summed E-state index contributed by atoms with van der Waals surface area (Å²) in [5.41, 5.74) is 3.06. The number of amides is 2. The van der Waals surface area contributed by atoms with Gasteiger partial charge in [0.15, 0.2) is 11.9 Å². The lowest BCUT2D eigenvalue weighted by atomic mass is 10.1. The van der Waals surface area contributed by atoms with E-state index in [0.29, 0.717) is 73.5 Å². The van der Waals surface area contributed by atoms with Crippen molar-refractivity contribution in [1.82, 2.24) is 10.2 Å². The van der Waals surface area contributed by atoms with Gasteiger partial charge in [-0.05, 0) is 49.1 Å². The number of hydrogen-bond acceptors (Lipinski definition) is 7. The number of halogens is 1. The predicted octanol–water partition coefficient (Wildman–Crippen LogP) is 4.03. The molecule has 45 heavy (non-hydrogen) atoms. The van der Waals surface area contributed by atoms with Crippen LogP contribution in [0.2, 0.25) is 5.02 Å². The van der Waals surface area contributed by atoms with Gasteiger partial charge in [-0.1, -0.05) is 41.9 Å². The fourth-order valence-electron chi connectivity index (χ4n) is 5.46. The summed E-state index contributed by atoms with van der Waals surface area (Å²) in [6.45, 7) is 2.94. The minimum atomic E-state index is -0.714. The smallest absolute Gasteiger partial charge is 0.247 e. The van der Waals surface area contributed by atoms with Crippen LogP contribution in [-0.4, -0.2) is 68.8 Å². The third-order valence-electron chi connectivity index (χ3n) is 7.96. The highest BCUT2D eigenvalue weighted by atomic mass is 35.5. The maximum absolute atomic E-state index is 14.1. The number of benzene rings is 2. The SMILES string of the molecule is COCCCc1cc(CN(C(=O)[C@H]2CNCC(=O)N2c2ccc(OCCCOCc3ccccc3)cc2)C2CC2)c(Cl)c[n+]1[O-]. The molecule has 1 saturated carbocycles. The Hall–Kier alpha value is -3.70. The molecule has 3 aromatic rings. The van der Waals surface area contributed by atoms with Gasteiger partial charge in [-0.2, -0.15) is 4.73 Å². The summed E-state index contributed by atoms with van der Waals surface area (Å²) in [6.07, 6.45) is 5.10. The van der Waals surface area contributed by atoms with E-state index in [0.717, 1.165) is 29.6 Å². The Balaban J connectivity index is 1.21. The molecule has 2 aromatic carbocycles. The first-order chi connectivity index (χ1) is 21.9. The largest absolute Gasteiger partial charge is 0.618 e. The second-order valence-electron chi connectivity index (χ2n) is 11.4. The minimum Gasteiger partial charge on any atom is -0.618 e. The van der Waals surface area contributed by atoms with Crippen LogP contribution in [0.4, 0.5) is 5.69 Å². The van der Waals surface area contributed by atoms with Gasteiger partial charge < -0.3 is 29.6 Å². The van der Waals surface area contributed by atoms with E-state index in [1.165, 1.54) is 6.20 Å². The maximum Gasteiger partial charge on any atom is 0.247 e. The molecule has 2 aliphatic rings. The molecule has 5 rings (SSSR count). The first-order valence-electron chi connectivity index (χ1n) is 15.5. The number of rotatable bonds is 16. The Morgan fingerprint density at radius 1 is 1.09 bits per heavy atom. The second kappa shape index (κ2) is 16.0. The minimum absolute atomic E-state index is 0.0661. The summed E-state index contributed by atoms with van der Waals surface area (Å²) in [5.74, 6) is 0.359. The summed E-state index contributed by atoms with van der Waals surface area (Å²) < 4.78 is 17.5. The number of aryl methyl sites for hydroxylation is 1. The highest BCUT2D eigenvalue weighted by Gasteiger charge is 2.41. The zero-order valence-corrected chi connectivity index (χ0v) is 26.4. The van der Waals surface area contributed by atoms with Crippen molar-refractivity contribution in [2.75, 3.05) is 44.9 Å². The number of carbonyl (C=O) groups excluding carboxylic acids is 2. The number of piperazine rings is 1. The molecule has 0 bridgehead atoms. The molecular weight excluding hydrogens is 596 g/mol. The molecule has 2 heterocycles. The topological polar surface area (TPSA) is 107 Å². The van der Waals surface area contributed by atoms with Gasteiger partial charge in [0.2, 0.25) is 11.8 Å². The zero-order valence-electron chi connectivity index (χ0n) is 25.7. The van der Waals surface area contributed by atoms with Crippen LogP contribution < -0.4 is 19.7 Å². The van der Waals surface area contributed by atoms with Crippen LogP contribution in [0.1, 0.15) is 42.5 Å². The molecule has 0 radical (unpaired) electrons. The molecule has 1 N–H and O–H groups in total. The summed E-state index contributed by atoms with van der Waals surface area (Å²) in [7, 11) is 1.62. The van der Waals surface area contributed by atoms with Crippen LogP contribution in [-0.2, 0) is 38.6 Å². The lowest BCUT2D eigenvalue weighted by Crippen LogP contribution is -2.61.